The topological polar surface area (TPSA) is 106 Å². The number of rotatable bonds is 5. The van der Waals surface area contributed by atoms with Crippen molar-refractivity contribution in [2.45, 2.75) is 12.4 Å². The zero-order valence-electron chi connectivity index (χ0n) is 11.7. The Morgan fingerprint density at radius 3 is 2.60 bits per heavy atom. The van der Waals surface area contributed by atoms with Crippen LogP contribution in [0.5, 0.6) is 0 Å². The molecule has 114 valence electrons. The molecule has 0 bridgehead atoms. The summed E-state index contributed by atoms with van der Waals surface area (Å²) in [7, 11) is 2.89. The molecule has 0 radical (unpaired) electrons. The summed E-state index contributed by atoms with van der Waals surface area (Å²) in [5.41, 5.74) is 1.12. The Morgan fingerprint density at radius 1 is 1.55 bits per heavy atom. The van der Waals surface area contributed by atoms with Crippen LogP contribution in [-0.2, 0) is 35.0 Å². The average Bonchev–Trinajstić information content (AvgIpc) is 2.62. The number of imidazole rings is 1. The Hall–Kier alpha value is -1.04. The number of aromatic nitrogens is 2. The summed E-state index contributed by atoms with van der Waals surface area (Å²) in [4.78, 5) is 17.7. The lowest BCUT2D eigenvalue weighted by molar-refractivity contribution is -0.396. The van der Waals surface area contributed by atoms with E-state index in [4.69, 9.17) is 4.74 Å². The van der Waals surface area contributed by atoms with Crippen molar-refractivity contribution in [1.29, 1.82) is 0 Å². The second-order valence-corrected chi connectivity index (χ2v) is 6.29. The minimum Gasteiger partial charge on any atom is -0.593 e. The lowest BCUT2D eigenvalue weighted by atomic mass is 10.3. The third-order valence-electron chi connectivity index (χ3n) is 2.38. The minimum absolute atomic E-state index is 0. The molecule has 1 rings (SSSR count). The van der Waals surface area contributed by atoms with Crippen LogP contribution in [0.3, 0.4) is 0 Å². The number of hydrogen-bond acceptors (Lipinski definition) is 6. The lowest BCUT2D eigenvalue weighted by Gasteiger charge is -2.12. The molecule has 0 aromatic carbocycles. The highest BCUT2D eigenvalue weighted by Gasteiger charge is 2.27. The third kappa shape index (κ3) is 4.81. The first-order valence-corrected chi connectivity index (χ1v) is 7.57. The van der Waals surface area contributed by atoms with E-state index in [1.165, 1.54) is 18.7 Å². The van der Waals surface area contributed by atoms with E-state index in [0.717, 1.165) is 0 Å². The molecule has 8 nitrogen and oxygen atoms in total. The van der Waals surface area contributed by atoms with Crippen LogP contribution < -0.4 is 5.11 Å². The number of hydrogen-bond donors (Lipinski definition) is 0. The zero-order chi connectivity index (χ0) is 14.6. The number of halogens is 1. The van der Waals surface area contributed by atoms with E-state index in [2.05, 4.69) is 9.98 Å². The molecule has 0 saturated heterocycles. The number of ether oxygens (including phenoxy) is 1. The Morgan fingerprint density at radius 2 is 2.15 bits per heavy atom. The van der Waals surface area contributed by atoms with Crippen LogP contribution in [0.2, 0.25) is 0 Å². The lowest BCUT2D eigenvalue weighted by Crippen LogP contribution is -2.22. The van der Waals surface area contributed by atoms with Gasteiger partial charge in [-0.3, -0.25) is 4.99 Å². The highest BCUT2D eigenvalue weighted by atomic mass is 127. The molecule has 20 heavy (non-hydrogen) atoms. The molecule has 0 saturated carbocycles. The fourth-order valence-corrected chi connectivity index (χ4v) is 2.28. The highest BCUT2D eigenvalue weighted by Crippen LogP contribution is 2.19. The van der Waals surface area contributed by atoms with Crippen molar-refractivity contribution in [3.63, 3.8) is 0 Å². The van der Waals surface area contributed by atoms with E-state index >= 15 is 0 Å². The van der Waals surface area contributed by atoms with Crippen molar-refractivity contribution >= 4 is 46.9 Å². The SMILES string of the molecule is CN=C([O-])OCc1c(C[S+](C)C)nc([N+](=O)[O-])n1C.I. The average molecular weight is 416 g/mol. The zero-order valence-corrected chi connectivity index (χ0v) is 14.8. The summed E-state index contributed by atoms with van der Waals surface area (Å²) in [6.07, 6.45) is 3.32. The van der Waals surface area contributed by atoms with Gasteiger partial charge in [-0.05, 0) is 15.8 Å². The van der Waals surface area contributed by atoms with Crippen LogP contribution >= 0.6 is 24.0 Å². The van der Waals surface area contributed by atoms with Gasteiger partial charge in [0.15, 0.2) is 5.75 Å². The van der Waals surface area contributed by atoms with Crippen LogP contribution in [0, 0.1) is 10.1 Å². The molecule has 0 aliphatic rings. The van der Waals surface area contributed by atoms with Crippen molar-refractivity contribution in [3.05, 3.63) is 21.5 Å². The van der Waals surface area contributed by atoms with E-state index in [-0.39, 0.29) is 47.4 Å². The first kappa shape index (κ1) is 19.0. The molecule has 0 amide bonds. The van der Waals surface area contributed by atoms with Gasteiger partial charge in [-0.2, -0.15) is 0 Å². The summed E-state index contributed by atoms with van der Waals surface area (Å²) in [5.74, 6) is 0.359. The molecule has 1 aromatic heterocycles. The maximum atomic E-state index is 11.0. The fraction of sp³-hybridized carbons (Fsp3) is 0.600. The quantitative estimate of drug-likeness (QED) is 0.170. The molecule has 0 fully saturated rings. The first-order chi connectivity index (χ1) is 8.86. The molecule has 0 spiro atoms. The molecule has 1 heterocycles. The van der Waals surface area contributed by atoms with Gasteiger partial charge < -0.3 is 20.0 Å². The number of nitrogens with zero attached hydrogens (tertiary/aromatic N) is 4. The summed E-state index contributed by atoms with van der Waals surface area (Å²) in [5, 5.41) is 21.9. The smallest absolute Gasteiger partial charge is 0.435 e. The van der Waals surface area contributed by atoms with Gasteiger partial charge in [0.05, 0.1) is 26.2 Å². The highest BCUT2D eigenvalue weighted by molar-refractivity contribution is 14.0. The van der Waals surface area contributed by atoms with Crippen LogP contribution in [0.4, 0.5) is 5.95 Å². The van der Waals surface area contributed by atoms with E-state index in [0.29, 0.717) is 17.1 Å². The fourth-order valence-electron chi connectivity index (χ4n) is 1.50. The molecular weight excluding hydrogens is 399 g/mol. The van der Waals surface area contributed by atoms with Crippen LogP contribution in [0.25, 0.3) is 0 Å². The van der Waals surface area contributed by atoms with E-state index in [1.807, 2.05) is 12.5 Å². The van der Waals surface area contributed by atoms with Gasteiger partial charge in [0.25, 0.3) is 0 Å². The molecule has 0 aliphatic heterocycles. The molecule has 10 heteroatoms. The van der Waals surface area contributed by atoms with Crippen molar-refractivity contribution in [2.75, 3.05) is 19.6 Å². The maximum absolute atomic E-state index is 11.0. The molecule has 1 aromatic rings. The van der Waals surface area contributed by atoms with Gasteiger partial charge in [0.2, 0.25) is 5.69 Å². The Bertz CT molecular complexity index is 504. The van der Waals surface area contributed by atoms with Gasteiger partial charge in [0, 0.05) is 7.05 Å². The van der Waals surface area contributed by atoms with E-state index in [1.54, 1.807) is 0 Å². The van der Waals surface area contributed by atoms with Crippen LogP contribution in [0.15, 0.2) is 4.99 Å². The minimum atomic E-state index is -0.707. The van der Waals surface area contributed by atoms with Gasteiger partial charge in [-0.15, -0.1) is 24.0 Å². The summed E-state index contributed by atoms with van der Waals surface area (Å²) in [6.45, 7) is -0.0694. The maximum Gasteiger partial charge on any atom is 0.435 e. The number of nitro groups is 1. The summed E-state index contributed by atoms with van der Waals surface area (Å²) >= 11 is 0. The third-order valence-corrected chi connectivity index (χ3v) is 3.23. The molecule has 0 atom stereocenters. The predicted octanol–water partition coefficient (Wildman–Crippen LogP) is 0.187. The van der Waals surface area contributed by atoms with E-state index < -0.39 is 11.0 Å². The Balaban J connectivity index is 0.00000361. The van der Waals surface area contributed by atoms with Crippen molar-refractivity contribution in [2.24, 2.45) is 12.0 Å². The normalized spacial score (nSPS) is 11.3. The second-order valence-electron chi connectivity index (χ2n) is 4.03. The monoisotopic (exact) mass is 416 g/mol. The molecule has 0 aliphatic carbocycles. The summed E-state index contributed by atoms with van der Waals surface area (Å²) in [6, 6.07) is 0. The van der Waals surface area contributed by atoms with Crippen LogP contribution in [-0.4, -0.2) is 40.1 Å². The molecular formula is C10H17IN4O4S. The molecule has 0 unspecified atom stereocenters. The van der Waals surface area contributed by atoms with E-state index in [9.17, 15) is 15.2 Å². The van der Waals surface area contributed by atoms with Crippen molar-refractivity contribution in [1.82, 2.24) is 9.55 Å². The van der Waals surface area contributed by atoms with Crippen molar-refractivity contribution in [3.8, 4) is 0 Å². The Labute approximate surface area is 136 Å². The second kappa shape index (κ2) is 8.29. The van der Waals surface area contributed by atoms with Gasteiger partial charge in [-0.1, -0.05) is 4.98 Å². The van der Waals surface area contributed by atoms with Crippen LogP contribution in [0.1, 0.15) is 11.4 Å². The standard InChI is InChI=1S/C10H16N4O4S.HI/c1-11-10(15)18-5-8-7(6-19(3)4)12-9(13(8)2)14(16)17;/h5-6H2,1-4H3;1H. The largest absolute Gasteiger partial charge is 0.593 e. The molecule has 0 N–H and O–H groups in total. The van der Waals surface area contributed by atoms with Gasteiger partial charge >= 0.3 is 5.95 Å². The van der Waals surface area contributed by atoms with Gasteiger partial charge in [-0.25, -0.2) is 4.57 Å². The summed E-state index contributed by atoms with van der Waals surface area (Å²) < 4.78 is 6.23. The van der Waals surface area contributed by atoms with Crippen molar-refractivity contribution < 1.29 is 14.8 Å². The Kier molecular flexibility index (Phi) is 7.86. The first-order valence-electron chi connectivity index (χ1n) is 5.36. The van der Waals surface area contributed by atoms with Gasteiger partial charge in [0.1, 0.15) is 11.8 Å². The number of aliphatic imine (C=N–C) groups is 1. The predicted molar refractivity (Wildman–Crippen MR) is 86.3 cm³/mol.